The number of hydrogen-bond donors (Lipinski definition) is 0. The van der Waals surface area contributed by atoms with Gasteiger partial charge in [-0.2, -0.15) is 0 Å². The summed E-state index contributed by atoms with van der Waals surface area (Å²) >= 11 is 0. The highest BCUT2D eigenvalue weighted by Crippen LogP contribution is 2.36. The SMILES string of the molecule is CC[C@@H](C)CCC[C@@H](C)/C=C/CO[Si](c1ccccc1)(c1ccccc1)C(C)(C)C. The second-order valence-electron chi connectivity index (χ2n) is 9.82. The van der Waals surface area contributed by atoms with E-state index in [0.29, 0.717) is 12.5 Å². The quantitative estimate of drug-likeness (QED) is 0.280. The molecular weight excluding hydrogens is 380 g/mol. The molecule has 2 atom stereocenters. The van der Waals surface area contributed by atoms with Crippen molar-refractivity contribution in [1.29, 1.82) is 0 Å². The highest BCUT2D eigenvalue weighted by Gasteiger charge is 2.49. The molecule has 0 aromatic heterocycles. The van der Waals surface area contributed by atoms with Crippen molar-refractivity contribution in [1.82, 2.24) is 0 Å². The summed E-state index contributed by atoms with van der Waals surface area (Å²) in [5, 5.41) is 2.73. The third kappa shape index (κ3) is 6.43. The van der Waals surface area contributed by atoms with Crippen LogP contribution in [0.1, 0.15) is 67.2 Å². The predicted molar refractivity (Wildman–Crippen MR) is 135 cm³/mol. The maximum Gasteiger partial charge on any atom is 0.261 e. The van der Waals surface area contributed by atoms with Crippen LogP contribution in [0.4, 0.5) is 0 Å². The van der Waals surface area contributed by atoms with Crippen molar-refractivity contribution in [2.24, 2.45) is 11.8 Å². The molecule has 0 radical (unpaired) electrons. The molecule has 0 N–H and O–H groups in total. The molecule has 30 heavy (non-hydrogen) atoms. The molecule has 0 spiro atoms. The molecule has 0 aliphatic rings. The van der Waals surface area contributed by atoms with E-state index in [1.165, 1.54) is 36.1 Å². The van der Waals surface area contributed by atoms with E-state index in [1.807, 2.05) is 0 Å². The summed E-state index contributed by atoms with van der Waals surface area (Å²) in [5.74, 6) is 1.46. The molecule has 0 amide bonds. The standard InChI is InChI=1S/C28H42OSi/c1-7-24(2)16-14-17-25(3)18-15-23-29-30(28(4,5)6,26-19-10-8-11-20-26)27-21-12-9-13-22-27/h8-13,15,18-22,24-25H,7,14,16-17,23H2,1-6H3/b18-15+/t24-,25-/m1/s1. The van der Waals surface area contributed by atoms with Gasteiger partial charge in [-0.15, -0.1) is 0 Å². The van der Waals surface area contributed by atoms with E-state index in [2.05, 4.69) is 114 Å². The zero-order valence-corrected chi connectivity index (χ0v) is 21.0. The second-order valence-corrected chi connectivity index (χ2v) is 14.1. The van der Waals surface area contributed by atoms with Crippen LogP contribution in [0.15, 0.2) is 72.8 Å². The fourth-order valence-corrected chi connectivity index (χ4v) is 8.81. The molecule has 2 heteroatoms. The van der Waals surface area contributed by atoms with Gasteiger partial charge in [0.15, 0.2) is 0 Å². The molecule has 0 bridgehead atoms. The highest BCUT2D eigenvalue weighted by atomic mass is 28.4. The van der Waals surface area contributed by atoms with Crippen LogP contribution in [0.3, 0.4) is 0 Å². The summed E-state index contributed by atoms with van der Waals surface area (Å²) in [5.41, 5.74) is 0. The summed E-state index contributed by atoms with van der Waals surface area (Å²) in [6, 6.07) is 21.8. The lowest BCUT2D eigenvalue weighted by molar-refractivity contribution is 0.338. The van der Waals surface area contributed by atoms with Crippen molar-refractivity contribution >= 4 is 18.7 Å². The Morgan fingerprint density at radius 3 is 1.87 bits per heavy atom. The number of benzene rings is 2. The van der Waals surface area contributed by atoms with Crippen molar-refractivity contribution in [3.05, 3.63) is 72.8 Å². The first-order valence-electron chi connectivity index (χ1n) is 11.7. The normalized spacial score (nSPS) is 14.7. The summed E-state index contributed by atoms with van der Waals surface area (Å²) in [4.78, 5) is 0. The van der Waals surface area contributed by atoms with Crippen molar-refractivity contribution in [3.8, 4) is 0 Å². The Morgan fingerprint density at radius 1 is 0.867 bits per heavy atom. The van der Waals surface area contributed by atoms with Crippen LogP contribution in [0.2, 0.25) is 5.04 Å². The Balaban J connectivity index is 2.17. The first-order valence-corrected chi connectivity index (χ1v) is 13.6. The molecular formula is C28H42OSi. The first-order chi connectivity index (χ1) is 14.3. The van der Waals surface area contributed by atoms with Crippen LogP contribution >= 0.6 is 0 Å². The van der Waals surface area contributed by atoms with Gasteiger partial charge in [0.05, 0.1) is 6.61 Å². The average molecular weight is 423 g/mol. The lowest BCUT2D eigenvalue weighted by Crippen LogP contribution is -2.66. The van der Waals surface area contributed by atoms with Crippen LogP contribution in [0.5, 0.6) is 0 Å². The zero-order chi connectivity index (χ0) is 22.0. The number of rotatable bonds is 11. The number of hydrogen-bond acceptors (Lipinski definition) is 1. The summed E-state index contributed by atoms with van der Waals surface area (Å²) in [6.45, 7) is 14.6. The fourth-order valence-electron chi connectivity index (χ4n) is 4.31. The van der Waals surface area contributed by atoms with E-state index in [1.54, 1.807) is 0 Å². The summed E-state index contributed by atoms with van der Waals surface area (Å²) in [6.07, 6.45) is 9.82. The summed E-state index contributed by atoms with van der Waals surface area (Å²) in [7, 11) is -2.42. The van der Waals surface area contributed by atoms with Crippen LogP contribution < -0.4 is 10.4 Å². The fraction of sp³-hybridized carbons (Fsp3) is 0.500. The molecule has 0 aliphatic heterocycles. The monoisotopic (exact) mass is 422 g/mol. The van der Waals surface area contributed by atoms with Gasteiger partial charge in [0.2, 0.25) is 0 Å². The van der Waals surface area contributed by atoms with Crippen molar-refractivity contribution in [2.45, 2.75) is 72.3 Å². The van der Waals surface area contributed by atoms with Gasteiger partial charge >= 0.3 is 0 Å². The highest BCUT2D eigenvalue weighted by molar-refractivity contribution is 6.99. The zero-order valence-electron chi connectivity index (χ0n) is 20.0. The summed E-state index contributed by atoms with van der Waals surface area (Å²) < 4.78 is 6.93. The van der Waals surface area contributed by atoms with Crippen molar-refractivity contribution in [2.75, 3.05) is 6.61 Å². The van der Waals surface area contributed by atoms with Gasteiger partial charge < -0.3 is 4.43 Å². The topological polar surface area (TPSA) is 9.23 Å². The molecule has 2 aromatic carbocycles. The minimum Gasteiger partial charge on any atom is -0.404 e. The molecule has 0 saturated carbocycles. The van der Waals surface area contributed by atoms with Gasteiger partial charge in [-0.1, -0.05) is 134 Å². The molecule has 1 nitrogen and oxygen atoms in total. The van der Waals surface area contributed by atoms with E-state index < -0.39 is 8.32 Å². The predicted octanol–water partition coefficient (Wildman–Crippen LogP) is 6.97. The van der Waals surface area contributed by atoms with E-state index in [0.717, 1.165) is 5.92 Å². The molecule has 164 valence electrons. The van der Waals surface area contributed by atoms with Gasteiger partial charge in [-0.3, -0.25) is 0 Å². The van der Waals surface area contributed by atoms with Gasteiger partial charge in [-0.25, -0.2) is 0 Å². The second kappa shape index (κ2) is 11.7. The van der Waals surface area contributed by atoms with Gasteiger partial charge in [0, 0.05) is 0 Å². The Bertz CT molecular complexity index is 706. The first kappa shape index (κ1) is 24.6. The Kier molecular flexibility index (Phi) is 9.58. The lowest BCUT2D eigenvalue weighted by Gasteiger charge is -2.42. The molecule has 0 fully saturated rings. The maximum absolute atomic E-state index is 6.93. The van der Waals surface area contributed by atoms with E-state index in [4.69, 9.17) is 4.43 Å². The smallest absolute Gasteiger partial charge is 0.261 e. The third-order valence-corrected chi connectivity index (χ3v) is 11.3. The Morgan fingerprint density at radius 2 is 1.40 bits per heavy atom. The van der Waals surface area contributed by atoms with E-state index in [9.17, 15) is 0 Å². The van der Waals surface area contributed by atoms with Crippen LogP contribution in [0, 0.1) is 11.8 Å². The average Bonchev–Trinajstić information content (AvgIpc) is 2.74. The minimum absolute atomic E-state index is 0.0332. The van der Waals surface area contributed by atoms with Crippen molar-refractivity contribution in [3.63, 3.8) is 0 Å². The molecule has 2 aromatic rings. The molecule has 0 aliphatic carbocycles. The number of allylic oxidation sites excluding steroid dienone is 1. The van der Waals surface area contributed by atoms with E-state index in [-0.39, 0.29) is 5.04 Å². The largest absolute Gasteiger partial charge is 0.404 e. The van der Waals surface area contributed by atoms with E-state index >= 15 is 0 Å². The van der Waals surface area contributed by atoms with Gasteiger partial charge in [-0.05, 0) is 33.7 Å². The molecule has 2 rings (SSSR count). The van der Waals surface area contributed by atoms with Crippen LogP contribution in [-0.2, 0) is 4.43 Å². The Hall–Kier alpha value is -1.64. The van der Waals surface area contributed by atoms with Crippen LogP contribution in [0.25, 0.3) is 0 Å². The molecule has 0 heterocycles. The molecule has 0 saturated heterocycles. The maximum atomic E-state index is 6.93. The van der Waals surface area contributed by atoms with Gasteiger partial charge in [0.1, 0.15) is 0 Å². The Labute approximate surface area is 186 Å². The van der Waals surface area contributed by atoms with Crippen LogP contribution in [-0.4, -0.2) is 14.9 Å². The third-order valence-electron chi connectivity index (χ3n) is 6.33. The van der Waals surface area contributed by atoms with Gasteiger partial charge in [0.25, 0.3) is 8.32 Å². The van der Waals surface area contributed by atoms with Crippen molar-refractivity contribution < 1.29 is 4.43 Å². The minimum atomic E-state index is -2.42. The lowest BCUT2D eigenvalue weighted by atomic mass is 9.97. The molecule has 0 unspecified atom stereocenters.